The van der Waals surface area contributed by atoms with E-state index < -0.39 is 5.97 Å². The lowest BCUT2D eigenvalue weighted by molar-refractivity contribution is -0.148. The third-order valence-electron chi connectivity index (χ3n) is 5.51. The predicted octanol–water partition coefficient (Wildman–Crippen LogP) is 3.43. The Hall–Kier alpha value is -2.40. The van der Waals surface area contributed by atoms with Gasteiger partial charge < -0.3 is 14.5 Å². The second-order valence-electron chi connectivity index (χ2n) is 7.76. The van der Waals surface area contributed by atoms with E-state index in [1.54, 1.807) is 14.1 Å². The maximum atomic E-state index is 11.6. The Kier molecular flexibility index (Phi) is 7.04. The van der Waals surface area contributed by atoms with E-state index in [2.05, 4.69) is 47.4 Å². The molecular formula is C23H30N2O3. The van der Waals surface area contributed by atoms with Gasteiger partial charge in [-0.3, -0.25) is 9.59 Å². The summed E-state index contributed by atoms with van der Waals surface area (Å²) in [6, 6.07) is 15.4. The zero-order valence-corrected chi connectivity index (χ0v) is 16.9. The number of likely N-dealkylation sites (tertiary alicyclic amines) is 1. The summed E-state index contributed by atoms with van der Waals surface area (Å²) in [5, 5.41) is 2.61. The molecule has 1 aliphatic heterocycles. The second kappa shape index (κ2) is 9.69. The number of nitrogens with zero attached hydrogens (tertiary/aromatic N) is 2. The molecule has 0 aromatic heterocycles. The van der Waals surface area contributed by atoms with Crippen LogP contribution in [-0.4, -0.2) is 62.0 Å². The smallest absolute Gasteiger partial charge is 0.315 e. The van der Waals surface area contributed by atoms with Crippen LogP contribution in [0.25, 0.3) is 10.8 Å². The first kappa shape index (κ1) is 20.3. The Balaban J connectivity index is 1.37. The third-order valence-corrected chi connectivity index (χ3v) is 5.51. The monoisotopic (exact) mass is 382 g/mol. The quantitative estimate of drug-likeness (QED) is 0.418. The van der Waals surface area contributed by atoms with Crippen molar-refractivity contribution in [2.45, 2.75) is 31.6 Å². The SMILES string of the molecule is CN(C)C(=O)CC(=O)OCCCN1CCC(c2ccc3ccccc3c2)CC1. The molecule has 2 aromatic carbocycles. The topological polar surface area (TPSA) is 49.9 Å². The summed E-state index contributed by atoms with van der Waals surface area (Å²) < 4.78 is 5.17. The standard InChI is InChI=1S/C23H30N2O3/c1-24(2)22(26)17-23(27)28-15-5-12-25-13-10-19(11-14-25)21-9-8-18-6-3-4-7-20(18)16-21/h3-4,6-9,16,19H,5,10-15,17H2,1-2H3. The van der Waals surface area contributed by atoms with E-state index in [0.29, 0.717) is 12.5 Å². The average molecular weight is 383 g/mol. The number of rotatable bonds is 7. The van der Waals surface area contributed by atoms with Crippen molar-refractivity contribution in [3.05, 3.63) is 48.0 Å². The van der Waals surface area contributed by atoms with Gasteiger partial charge in [-0.1, -0.05) is 42.5 Å². The van der Waals surface area contributed by atoms with E-state index in [-0.39, 0.29) is 12.3 Å². The molecule has 0 radical (unpaired) electrons. The van der Waals surface area contributed by atoms with Gasteiger partial charge in [0, 0.05) is 20.6 Å². The summed E-state index contributed by atoms with van der Waals surface area (Å²) >= 11 is 0. The summed E-state index contributed by atoms with van der Waals surface area (Å²) in [5.74, 6) is -0.0368. The Morgan fingerprint density at radius 1 is 1.07 bits per heavy atom. The van der Waals surface area contributed by atoms with Gasteiger partial charge in [0.2, 0.25) is 5.91 Å². The van der Waals surface area contributed by atoms with E-state index in [1.807, 2.05) is 0 Å². The van der Waals surface area contributed by atoms with Crippen LogP contribution in [0.2, 0.25) is 0 Å². The number of ether oxygens (including phenoxy) is 1. The van der Waals surface area contributed by atoms with Gasteiger partial charge >= 0.3 is 5.97 Å². The molecule has 0 bridgehead atoms. The summed E-state index contributed by atoms with van der Waals surface area (Å²) in [6.07, 6.45) is 2.96. The number of hydrogen-bond acceptors (Lipinski definition) is 4. The molecule has 1 aliphatic rings. The third kappa shape index (κ3) is 5.55. The van der Waals surface area contributed by atoms with Crippen molar-refractivity contribution in [3.8, 4) is 0 Å². The van der Waals surface area contributed by atoms with Gasteiger partial charge in [-0.05, 0) is 54.6 Å². The van der Waals surface area contributed by atoms with Crippen molar-refractivity contribution in [2.75, 3.05) is 40.3 Å². The number of piperidine rings is 1. The van der Waals surface area contributed by atoms with Crippen LogP contribution in [0.3, 0.4) is 0 Å². The highest BCUT2D eigenvalue weighted by molar-refractivity contribution is 5.94. The number of fused-ring (bicyclic) bond motifs is 1. The van der Waals surface area contributed by atoms with Crippen LogP contribution < -0.4 is 0 Å². The lowest BCUT2D eigenvalue weighted by Gasteiger charge is -2.32. The molecule has 5 nitrogen and oxygen atoms in total. The van der Waals surface area contributed by atoms with Crippen LogP contribution in [0.5, 0.6) is 0 Å². The molecule has 0 saturated carbocycles. The van der Waals surface area contributed by atoms with Gasteiger partial charge in [-0.25, -0.2) is 0 Å². The zero-order valence-electron chi connectivity index (χ0n) is 16.9. The van der Waals surface area contributed by atoms with Crippen LogP contribution in [0.15, 0.2) is 42.5 Å². The Morgan fingerprint density at radius 3 is 2.50 bits per heavy atom. The second-order valence-corrected chi connectivity index (χ2v) is 7.76. The summed E-state index contributed by atoms with van der Waals surface area (Å²) in [6.45, 7) is 3.46. The molecule has 2 aromatic rings. The van der Waals surface area contributed by atoms with Gasteiger partial charge in [0.1, 0.15) is 6.42 Å². The molecule has 0 spiro atoms. The van der Waals surface area contributed by atoms with Crippen LogP contribution in [0, 0.1) is 0 Å². The first-order valence-electron chi connectivity index (χ1n) is 10.1. The molecule has 28 heavy (non-hydrogen) atoms. The van der Waals surface area contributed by atoms with Gasteiger partial charge in [0.15, 0.2) is 0 Å². The minimum absolute atomic E-state index is 0.176. The van der Waals surface area contributed by atoms with E-state index in [9.17, 15) is 9.59 Å². The zero-order chi connectivity index (χ0) is 19.9. The molecule has 0 atom stereocenters. The normalized spacial score (nSPS) is 15.5. The Bertz CT molecular complexity index is 810. The van der Waals surface area contributed by atoms with Crippen molar-refractivity contribution in [3.63, 3.8) is 0 Å². The van der Waals surface area contributed by atoms with E-state index in [0.717, 1.165) is 38.9 Å². The van der Waals surface area contributed by atoms with Gasteiger partial charge in [0.25, 0.3) is 0 Å². The molecule has 3 rings (SSSR count). The van der Waals surface area contributed by atoms with Crippen LogP contribution >= 0.6 is 0 Å². The predicted molar refractivity (Wildman–Crippen MR) is 111 cm³/mol. The molecule has 150 valence electrons. The van der Waals surface area contributed by atoms with Crippen molar-refractivity contribution in [1.29, 1.82) is 0 Å². The van der Waals surface area contributed by atoms with Gasteiger partial charge in [0.05, 0.1) is 6.61 Å². The number of hydrogen-bond donors (Lipinski definition) is 0. The summed E-state index contributed by atoms with van der Waals surface area (Å²) in [7, 11) is 3.27. The largest absolute Gasteiger partial charge is 0.465 e. The fourth-order valence-corrected chi connectivity index (χ4v) is 3.76. The Labute approximate surface area is 167 Å². The van der Waals surface area contributed by atoms with Crippen molar-refractivity contribution in [1.82, 2.24) is 9.80 Å². The molecule has 1 fully saturated rings. The fourth-order valence-electron chi connectivity index (χ4n) is 3.76. The Morgan fingerprint density at radius 2 is 1.79 bits per heavy atom. The van der Waals surface area contributed by atoms with Crippen molar-refractivity contribution >= 4 is 22.6 Å². The van der Waals surface area contributed by atoms with Crippen molar-refractivity contribution in [2.24, 2.45) is 0 Å². The number of benzene rings is 2. The van der Waals surface area contributed by atoms with Crippen LogP contribution in [0.1, 0.15) is 37.2 Å². The fraction of sp³-hybridized carbons (Fsp3) is 0.478. The lowest BCUT2D eigenvalue weighted by Crippen LogP contribution is -2.34. The van der Waals surface area contributed by atoms with Gasteiger partial charge in [-0.2, -0.15) is 0 Å². The highest BCUT2D eigenvalue weighted by Crippen LogP contribution is 2.30. The van der Waals surface area contributed by atoms with Crippen LogP contribution in [-0.2, 0) is 14.3 Å². The minimum atomic E-state index is -0.436. The molecule has 1 amide bonds. The summed E-state index contributed by atoms with van der Waals surface area (Å²) in [4.78, 5) is 26.9. The molecule has 5 heteroatoms. The maximum absolute atomic E-state index is 11.6. The number of carbonyl (C=O) groups is 2. The van der Waals surface area contributed by atoms with Crippen molar-refractivity contribution < 1.29 is 14.3 Å². The first-order valence-corrected chi connectivity index (χ1v) is 10.1. The minimum Gasteiger partial charge on any atom is -0.465 e. The molecule has 0 unspecified atom stereocenters. The number of amides is 1. The first-order chi connectivity index (χ1) is 13.5. The van der Waals surface area contributed by atoms with Crippen LogP contribution in [0.4, 0.5) is 0 Å². The molecule has 1 heterocycles. The summed E-state index contributed by atoms with van der Waals surface area (Å²) in [5.41, 5.74) is 1.44. The average Bonchev–Trinajstić information content (AvgIpc) is 2.71. The molecule has 0 aliphatic carbocycles. The molecule has 0 N–H and O–H groups in total. The molecule has 1 saturated heterocycles. The molecular weight excluding hydrogens is 352 g/mol. The number of esters is 1. The maximum Gasteiger partial charge on any atom is 0.315 e. The van der Waals surface area contributed by atoms with Gasteiger partial charge in [-0.15, -0.1) is 0 Å². The number of carbonyl (C=O) groups excluding carboxylic acids is 2. The highest BCUT2D eigenvalue weighted by Gasteiger charge is 2.20. The lowest BCUT2D eigenvalue weighted by atomic mass is 9.88. The van der Waals surface area contributed by atoms with E-state index in [4.69, 9.17) is 4.74 Å². The highest BCUT2D eigenvalue weighted by atomic mass is 16.5. The van der Waals surface area contributed by atoms with E-state index in [1.165, 1.54) is 21.2 Å². The van der Waals surface area contributed by atoms with E-state index >= 15 is 0 Å².